The number of hydrogen-bond acceptors (Lipinski definition) is 2. The first kappa shape index (κ1) is 17.3. The smallest absolute Gasteiger partial charge is 0.145 e. The van der Waals surface area contributed by atoms with Gasteiger partial charge in [0.25, 0.3) is 0 Å². The Hall–Kier alpha value is -1.74. The number of hydrogen-bond donors (Lipinski definition) is 0. The van der Waals surface area contributed by atoms with Crippen molar-refractivity contribution in [2.45, 2.75) is 34.6 Å². The highest BCUT2D eigenvalue weighted by molar-refractivity contribution is 6.40. The molecule has 0 saturated heterocycles. The fraction of sp³-hybridized carbons (Fsp3) is 0.294. The summed E-state index contributed by atoms with van der Waals surface area (Å²) in [4.78, 5) is 8.58. The van der Waals surface area contributed by atoms with Crippen molar-refractivity contribution in [3.05, 3.63) is 52.6 Å². The van der Waals surface area contributed by atoms with E-state index in [-0.39, 0.29) is 10.8 Å². The predicted octanol–water partition coefficient (Wildman–Crippen LogP) is 5.60. The average molecular weight is 307 g/mol. The molecule has 0 radical (unpaired) electrons. The molecule has 0 bridgehead atoms. The number of rotatable bonds is 4. The number of allylic oxidation sites excluding steroid dienone is 2. The molecule has 0 aliphatic carbocycles. The van der Waals surface area contributed by atoms with E-state index < -0.39 is 0 Å². The van der Waals surface area contributed by atoms with Gasteiger partial charge in [-0.3, -0.25) is 9.98 Å². The van der Waals surface area contributed by atoms with Crippen molar-refractivity contribution in [2.24, 2.45) is 9.98 Å². The second kappa shape index (κ2) is 7.89. The molecule has 0 N–H and O–H groups in total. The predicted molar refractivity (Wildman–Crippen MR) is 90.8 cm³/mol. The second-order valence-corrected chi connectivity index (χ2v) is 5.16. The van der Waals surface area contributed by atoms with Gasteiger partial charge in [0.15, 0.2) is 0 Å². The van der Waals surface area contributed by atoms with Crippen LogP contribution in [0, 0.1) is 12.7 Å². The third-order valence-electron chi connectivity index (χ3n) is 3.09. The highest BCUT2D eigenvalue weighted by atomic mass is 35.5. The van der Waals surface area contributed by atoms with E-state index >= 15 is 0 Å². The summed E-state index contributed by atoms with van der Waals surface area (Å²) in [5.41, 5.74) is 3.62. The molecule has 0 heterocycles. The monoisotopic (exact) mass is 306 g/mol. The van der Waals surface area contributed by atoms with Crippen molar-refractivity contribution in [1.82, 2.24) is 0 Å². The van der Waals surface area contributed by atoms with Crippen LogP contribution in [0.15, 0.2) is 40.6 Å². The van der Waals surface area contributed by atoms with Gasteiger partial charge in [0.1, 0.15) is 5.82 Å². The molecule has 0 fully saturated rings. The molecular weight excluding hydrogens is 287 g/mol. The van der Waals surface area contributed by atoms with Crippen LogP contribution in [0.4, 0.5) is 4.39 Å². The molecule has 1 aromatic carbocycles. The molecule has 0 amide bonds. The van der Waals surface area contributed by atoms with Crippen LogP contribution in [0.2, 0.25) is 5.02 Å². The zero-order valence-electron chi connectivity index (χ0n) is 13.0. The highest BCUT2D eigenvalue weighted by Crippen LogP contribution is 2.28. The maximum absolute atomic E-state index is 13.8. The minimum atomic E-state index is -0.381. The standard InChI is InChI=1S/C17H20ClFN2/c1-6-9-20-13(4)14(5)21-10-12(3)15-8-7-11(2)17(19)16(15)18/h6-10H,1-5H3/b9-6-,12-10+,20-13?,21-14?. The van der Waals surface area contributed by atoms with Gasteiger partial charge in [-0.2, -0.15) is 0 Å². The number of halogens is 2. The average Bonchev–Trinajstić information content (AvgIpc) is 2.47. The Kier molecular flexibility index (Phi) is 6.50. The number of aliphatic imine (C=N–C) groups is 2. The van der Waals surface area contributed by atoms with Crippen LogP contribution in [0.3, 0.4) is 0 Å². The molecule has 112 valence electrons. The minimum Gasteiger partial charge on any atom is -0.260 e. The fourth-order valence-electron chi connectivity index (χ4n) is 1.59. The Morgan fingerprint density at radius 1 is 1.14 bits per heavy atom. The summed E-state index contributed by atoms with van der Waals surface area (Å²) in [6.07, 6.45) is 5.25. The van der Waals surface area contributed by atoms with Crippen molar-refractivity contribution in [2.75, 3.05) is 0 Å². The summed E-state index contributed by atoms with van der Waals surface area (Å²) in [7, 11) is 0. The first-order chi connectivity index (χ1) is 9.88. The Bertz CT molecular complexity index is 640. The van der Waals surface area contributed by atoms with E-state index in [2.05, 4.69) is 9.98 Å². The number of benzene rings is 1. The fourth-order valence-corrected chi connectivity index (χ4v) is 1.95. The van der Waals surface area contributed by atoms with E-state index in [4.69, 9.17) is 11.6 Å². The van der Waals surface area contributed by atoms with Gasteiger partial charge in [-0.15, -0.1) is 0 Å². The molecule has 0 aliphatic heterocycles. The molecule has 1 rings (SSSR count). The first-order valence-electron chi connectivity index (χ1n) is 6.70. The topological polar surface area (TPSA) is 24.7 Å². The minimum absolute atomic E-state index is 0.135. The first-order valence-corrected chi connectivity index (χ1v) is 7.08. The van der Waals surface area contributed by atoms with Gasteiger partial charge in [0, 0.05) is 18.0 Å². The van der Waals surface area contributed by atoms with Crippen molar-refractivity contribution in [3.63, 3.8) is 0 Å². The van der Waals surface area contributed by atoms with Gasteiger partial charge < -0.3 is 0 Å². The summed E-state index contributed by atoms with van der Waals surface area (Å²) in [5.74, 6) is -0.381. The van der Waals surface area contributed by atoms with Crippen LogP contribution in [-0.4, -0.2) is 11.4 Å². The maximum atomic E-state index is 13.8. The molecule has 2 nitrogen and oxygen atoms in total. The molecule has 0 spiro atoms. The van der Waals surface area contributed by atoms with Crippen molar-refractivity contribution >= 4 is 28.6 Å². The van der Waals surface area contributed by atoms with Crippen LogP contribution in [-0.2, 0) is 0 Å². The third kappa shape index (κ3) is 4.64. The normalized spacial score (nSPS) is 14.1. The van der Waals surface area contributed by atoms with Gasteiger partial charge >= 0.3 is 0 Å². The number of nitrogens with zero attached hydrogens (tertiary/aromatic N) is 2. The summed E-state index contributed by atoms with van der Waals surface area (Å²) < 4.78 is 13.8. The van der Waals surface area contributed by atoms with E-state index in [0.29, 0.717) is 11.1 Å². The van der Waals surface area contributed by atoms with Crippen LogP contribution < -0.4 is 0 Å². The zero-order chi connectivity index (χ0) is 16.0. The van der Waals surface area contributed by atoms with E-state index in [1.807, 2.05) is 33.8 Å². The summed E-state index contributed by atoms with van der Waals surface area (Å²) in [5, 5.41) is 0.135. The summed E-state index contributed by atoms with van der Waals surface area (Å²) in [6.45, 7) is 9.21. The second-order valence-electron chi connectivity index (χ2n) is 4.78. The van der Waals surface area contributed by atoms with Crippen molar-refractivity contribution in [3.8, 4) is 0 Å². The summed E-state index contributed by atoms with van der Waals surface area (Å²) in [6, 6.07) is 3.52. The highest BCUT2D eigenvalue weighted by Gasteiger charge is 2.10. The van der Waals surface area contributed by atoms with Gasteiger partial charge in [-0.05, 0) is 45.8 Å². The molecule has 0 aliphatic rings. The summed E-state index contributed by atoms with van der Waals surface area (Å²) >= 11 is 6.04. The van der Waals surface area contributed by atoms with Gasteiger partial charge in [-0.1, -0.05) is 29.8 Å². The van der Waals surface area contributed by atoms with Crippen LogP contribution in [0.5, 0.6) is 0 Å². The van der Waals surface area contributed by atoms with E-state index in [1.165, 1.54) is 0 Å². The van der Waals surface area contributed by atoms with E-state index in [0.717, 1.165) is 17.0 Å². The molecule has 0 saturated carbocycles. The number of aryl methyl sites for hydroxylation is 1. The molecular formula is C17H20ClFN2. The molecule has 21 heavy (non-hydrogen) atoms. The van der Waals surface area contributed by atoms with Crippen LogP contribution in [0.1, 0.15) is 38.8 Å². The molecule has 1 aromatic rings. The van der Waals surface area contributed by atoms with Crippen molar-refractivity contribution in [1.29, 1.82) is 0 Å². The van der Waals surface area contributed by atoms with E-state index in [9.17, 15) is 4.39 Å². The Labute approximate surface area is 130 Å². The Balaban J connectivity index is 3.09. The Morgan fingerprint density at radius 2 is 1.76 bits per heavy atom. The molecule has 0 unspecified atom stereocenters. The van der Waals surface area contributed by atoms with Gasteiger partial charge in [-0.25, -0.2) is 4.39 Å². The Morgan fingerprint density at radius 3 is 2.38 bits per heavy atom. The maximum Gasteiger partial charge on any atom is 0.145 e. The van der Waals surface area contributed by atoms with Gasteiger partial charge in [0.05, 0.1) is 16.4 Å². The molecule has 0 aromatic heterocycles. The largest absolute Gasteiger partial charge is 0.260 e. The lowest BCUT2D eigenvalue weighted by molar-refractivity contribution is 0.618. The van der Waals surface area contributed by atoms with Crippen molar-refractivity contribution < 1.29 is 4.39 Å². The van der Waals surface area contributed by atoms with Crippen LogP contribution in [0.25, 0.3) is 5.57 Å². The molecule has 4 heteroatoms. The SMILES string of the molecule is C/C=C\N=C(C)C(C)=N/C=C(\C)c1ccc(C)c(F)c1Cl. The lowest BCUT2D eigenvalue weighted by Crippen LogP contribution is -2.04. The quantitative estimate of drug-likeness (QED) is 0.646. The van der Waals surface area contributed by atoms with E-state index in [1.54, 1.807) is 31.5 Å². The third-order valence-corrected chi connectivity index (χ3v) is 3.46. The molecule has 0 atom stereocenters. The van der Waals surface area contributed by atoms with Crippen LogP contribution >= 0.6 is 11.6 Å². The van der Waals surface area contributed by atoms with Gasteiger partial charge in [0.2, 0.25) is 0 Å². The lowest BCUT2D eigenvalue weighted by atomic mass is 10.1. The lowest BCUT2D eigenvalue weighted by Gasteiger charge is -2.07. The zero-order valence-corrected chi connectivity index (χ0v) is 13.8.